The summed E-state index contributed by atoms with van der Waals surface area (Å²) in [7, 11) is 1.46. The molecule has 0 aliphatic heterocycles. The van der Waals surface area contributed by atoms with Crippen LogP contribution in [-0.2, 0) is 26.2 Å². The van der Waals surface area contributed by atoms with Crippen LogP contribution in [-0.4, -0.2) is 33.8 Å². The highest BCUT2D eigenvalue weighted by Crippen LogP contribution is 2.30. The van der Waals surface area contributed by atoms with E-state index >= 15 is 0 Å². The van der Waals surface area contributed by atoms with Gasteiger partial charge in [-0.15, -0.1) is 35.3 Å². The van der Waals surface area contributed by atoms with Crippen molar-refractivity contribution in [2.45, 2.75) is 39.9 Å². The number of rotatable bonds is 6. The second-order valence-electron chi connectivity index (χ2n) is 5.80. The van der Waals surface area contributed by atoms with Crippen LogP contribution in [0.5, 0.6) is 0 Å². The molecule has 0 aliphatic rings. The number of halogens is 4. The molecule has 0 aliphatic carbocycles. The molecule has 0 fully saturated rings. The summed E-state index contributed by atoms with van der Waals surface area (Å²) in [5.41, 5.74) is 0.179. The zero-order valence-corrected chi connectivity index (χ0v) is 18.8. The lowest BCUT2D eigenvalue weighted by atomic mass is 10.2. The van der Waals surface area contributed by atoms with Gasteiger partial charge in [-0.1, -0.05) is 0 Å². The van der Waals surface area contributed by atoms with Crippen LogP contribution in [0.15, 0.2) is 11.2 Å². The molecule has 0 unspecified atom stereocenters. The summed E-state index contributed by atoms with van der Waals surface area (Å²) < 4.78 is 40.1. The predicted octanol–water partition coefficient (Wildman–Crippen LogP) is 3.43. The Kier molecular flexibility index (Phi) is 8.99. The van der Waals surface area contributed by atoms with Crippen LogP contribution in [0.25, 0.3) is 0 Å². The van der Waals surface area contributed by atoms with E-state index in [-0.39, 0.29) is 36.1 Å². The van der Waals surface area contributed by atoms with E-state index in [1.165, 1.54) is 18.1 Å². The molecule has 0 saturated heterocycles. The number of thiazole rings is 1. The van der Waals surface area contributed by atoms with Crippen molar-refractivity contribution < 1.29 is 13.2 Å². The van der Waals surface area contributed by atoms with Gasteiger partial charge < -0.3 is 10.6 Å². The normalized spacial score (nSPS) is 12.0. The van der Waals surface area contributed by atoms with Gasteiger partial charge in [0.2, 0.25) is 0 Å². The minimum Gasteiger partial charge on any atom is -0.357 e. The highest BCUT2D eigenvalue weighted by atomic mass is 127. The maximum Gasteiger partial charge on any atom is 0.435 e. The number of hydrogen-bond donors (Lipinski definition) is 2. The summed E-state index contributed by atoms with van der Waals surface area (Å²) in [5, 5.41) is 10.7. The summed E-state index contributed by atoms with van der Waals surface area (Å²) in [6, 6.07) is 0. The van der Waals surface area contributed by atoms with Crippen molar-refractivity contribution in [3.63, 3.8) is 0 Å². The molecule has 0 amide bonds. The average Bonchev–Trinajstić information content (AvgIpc) is 3.07. The molecule has 0 aromatic carbocycles. The minimum atomic E-state index is -4.49. The van der Waals surface area contributed by atoms with Gasteiger partial charge in [0.1, 0.15) is 0 Å². The zero-order valence-electron chi connectivity index (χ0n) is 15.6. The number of hydrogen-bond acceptors (Lipinski definition) is 4. The first-order valence-electron chi connectivity index (χ1n) is 8.25. The molecule has 2 aromatic heterocycles. The molecule has 2 heterocycles. The Morgan fingerprint density at radius 1 is 1.30 bits per heavy atom. The lowest BCUT2D eigenvalue weighted by Gasteiger charge is -2.11. The van der Waals surface area contributed by atoms with Crippen molar-refractivity contribution in [3.05, 3.63) is 33.0 Å². The highest BCUT2D eigenvalue weighted by Gasteiger charge is 2.36. The van der Waals surface area contributed by atoms with E-state index in [9.17, 15) is 13.2 Å². The van der Waals surface area contributed by atoms with Crippen LogP contribution < -0.4 is 10.6 Å². The van der Waals surface area contributed by atoms with Crippen molar-refractivity contribution in [3.8, 4) is 0 Å². The quantitative estimate of drug-likeness (QED) is 0.351. The van der Waals surface area contributed by atoms with E-state index in [1.807, 2.05) is 20.8 Å². The molecule has 11 heteroatoms. The number of aryl methyl sites for hydroxylation is 3. The van der Waals surface area contributed by atoms with E-state index in [4.69, 9.17) is 0 Å². The largest absolute Gasteiger partial charge is 0.435 e. The number of aliphatic imine (C=N–C) groups is 1. The minimum absolute atomic E-state index is 0. The van der Waals surface area contributed by atoms with Crippen LogP contribution in [0.2, 0.25) is 0 Å². The van der Waals surface area contributed by atoms with Crippen molar-refractivity contribution in [1.82, 2.24) is 25.4 Å². The SMILES string of the molecule is CCNC(=NCc1cn(C)nc1C(F)(F)F)NCCc1nc(C)c(C)s1.I. The molecule has 0 spiro atoms. The van der Waals surface area contributed by atoms with Crippen molar-refractivity contribution in [2.75, 3.05) is 13.1 Å². The van der Waals surface area contributed by atoms with E-state index in [0.29, 0.717) is 19.0 Å². The zero-order chi connectivity index (χ0) is 19.3. The first kappa shape index (κ1) is 23.7. The first-order chi connectivity index (χ1) is 12.2. The van der Waals surface area contributed by atoms with Gasteiger partial charge in [0, 0.05) is 43.2 Å². The summed E-state index contributed by atoms with van der Waals surface area (Å²) >= 11 is 1.65. The van der Waals surface area contributed by atoms with Crippen LogP contribution in [0.4, 0.5) is 13.2 Å². The molecule has 27 heavy (non-hydrogen) atoms. The van der Waals surface area contributed by atoms with Crippen molar-refractivity contribution in [2.24, 2.45) is 12.0 Å². The molecule has 2 N–H and O–H groups in total. The Labute approximate surface area is 177 Å². The molecule has 0 radical (unpaired) electrons. The number of alkyl halides is 3. The van der Waals surface area contributed by atoms with Gasteiger partial charge in [-0.3, -0.25) is 4.68 Å². The second kappa shape index (κ2) is 10.2. The molecular weight excluding hydrogens is 492 g/mol. The summed E-state index contributed by atoms with van der Waals surface area (Å²) in [6.45, 7) is 7.00. The third-order valence-electron chi connectivity index (χ3n) is 3.63. The first-order valence-corrected chi connectivity index (χ1v) is 9.07. The molecule has 6 nitrogen and oxygen atoms in total. The molecule has 0 atom stereocenters. The van der Waals surface area contributed by atoms with Crippen LogP contribution >= 0.6 is 35.3 Å². The van der Waals surface area contributed by atoms with E-state index in [1.54, 1.807) is 11.3 Å². The fourth-order valence-corrected chi connectivity index (χ4v) is 3.27. The topological polar surface area (TPSA) is 67.1 Å². The van der Waals surface area contributed by atoms with Gasteiger partial charge >= 0.3 is 6.18 Å². The lowest BCUT2D eigenvalue weighted by Crippen LogP contribution is -2.38. The molecule has 2 rings (SSSR count). The van der Waals surface area contributed by atoms with Crippen LogP contribution in [0, 0.1) is 13.8 Å². The van der Waals surface area contributed by atoms with Crippen molar-refractivity contribution in [1.29, 1.82) is 0 Å². The fraction of sp³-hybridized carbons (Fsp3) is 0.562. The maximum atomic E-state index is 13.0. The number of aromatic nitrogens is 3. The van der Waals surface area contributed by atoms with E-state index < -0.39 is 11.9 Å². The molecular formula is C16H24F3IN6S. The third-order valence-corrected chi connectivity index (χ3v) is 4.76. The molecule has 0 saturated carbocycles. The Hall–Kier alpha value is -1.37. The average molecular weight is 516 g/mol. The second-order valence-corrected chi connectivity index (χ2v) is 7.08. The van der Waals surface area contributed by atoms with Gasteiger partial charge in [0.25, 0.3) is 0 Å². The van der Waals surface area contributed by atoms with E-state index in [0.717, 1.165) is 21.8 Å². The summed E-state index contributed by atoms with van der Waals surface area (Å²) in [5.74, 6) is 0.467. The van der Waals surface area contributed by atoms with E-state index in [2.05, 4.69) is 25.7 Å². The fourth-order valence-electron chi connectivity index (χ4n) is 2.33. The molecule has 0 bridgehead atoms. The summed E-state index contributed by atoms with van der Waals surface area (Å²) in [6.07, 6.45) is -2.42. The summed E-state index contributed by atoms with van der Waals surface area (Å²) in [4.78, 5) is 9.91. The Balaban J connectivity index is 0.00000364. The Morgan fingerprint density at radius 3 is 2.56 bits per heavy atom. The van der Waals surface area contributed by atoms with Gasteiger partial charge in [-0.2, -0.15) is 18.3 Å². The van der Waals surface area contributed by atoms with Gasteiger partial charge in [0.05, 0.1) is 17.2 Å². The Bertz CT molecular complexity index is 749. The van der Waals surface area contributed by atoms with Gasteiger partial charge in [0.15, 0.2) is 11.7 Å². The lowest BCUT2D eigenvalue weighted by molar-refractivity contribution is -0.142. The Morgan fingerprint density at radius 2 is 2.00 bits per heavy atom. The molecule has 2 aromatic rings. The highest BCUT2D eigenvalue weighted by molar-refractivity contribution is 14.0. The standard InChI is InChI=1S/C16H23F3N6S.HI/c1-5-20-15(21-7-6-13-23-10(2)11(3)26-13)22-8-12-9-25(4)24-14(12)16(17,18)19;/h9H,5-8H2,1-4H3,(H2,20,21,22);1H. The third kappa shape index (κ3) is 6.94. The monoisotopic (exact) mass is 516 g/mol. The maximum absolute atomic E-state index is 13.0. The number of nitrogens with zero attached hydrogens (tertiary/aromatic N) is 4. The smallest absolute Gasteiger partial charge is 0.357 e. The number of nitrogens with one attached hydrogen (secondary N) is 2. The molecule has 152 valence electrons. The van der Waals surface area contributed by atoms with Crippen LogP contribution in [0.1, 0.15) is 33.8 Å². The van der Waals surface area contributed by atoms with Crippen molar-refractivity contribution >= 4 is 41.3 Å². The van der Waals surface area contributed by atoms with Gasteiger partial charge in [-0.25, -0.2) is 9.98 Å². The van der Waals surface area contributed by atoms with Gasteiger partial charge in [-0.05, 0) is 20.8 Å². The number of guanidine groups is 1. The predicted molar refractivity (Wildman–Crippen MR) is 112 cm³/mol. The van der Waals surface area contributed by atoms with Crippen LogP contribution in [0.3, 0.4) is 0 Å².